The maximum atomic E-state index is 13.7. The highest BCUT2D eigenvalue weighted by atomic mass is 35.5. The predicted octanol–water partition coefficient (Wildman–Crippen LogP) is 8.54. The SMILES string of the molecule is CN1C2=C(C(=O)CC(C)(C)C2)C(c2cc(Cl)c(OCc3ccc(Cl)cc3)c(Cl)c2)C2=C1CC(C)(C)CC2=O. The summed E-state index contributed by atoms with van der Waals surface area (Å²) < 4.78 is 5.99. The molecular formula is C31H32Cl3NO3. The van der Waals surface area contributed by atoms with Crippen molar-refractivity contribution < 1.29 is 14.3 Å². The third-order valence-corrected chi connectivity index (χ3v) is 8.64. The molecule has 1 heterocycles. The molecule has 0 saturated heterocycles. The highest BCUT2D eigenvalue weighted by Crippen LogP contribution is 2.54. The normalized spacial score (nSPS) is 21.0. The van der Waals surface area contributed by atoms with Crippen molar-refractivity contribution >= 4 is 46.4 Å². The molecule has 0 atom stereocenters. The first-order chi connectivity index (χ1) is 17.8. The maximum absolute atomic E-state index is 13.7. The van der Waals surface area contributed by atoms with E-state index in [-0.39, 0.29) is 29.0 Å². The zero-order chi connectivity index (χ0) is 27.6. The van der Waals surface area contributed by atoms with Crippen LogP contribution < -0.4 is 4.74 Å². The van der Waals surface area contributed by atoms with Gasteiger partial charge in [-0.3, -0.25) is 9.59 Å². The van der Waals surface area contributed by atoms with Gasteiger partial charge in [0.25, 0.3) is 0 Å². The van der Waals surface area contributed by atoms with Gasteiger partial charge in [0.05, 0.1) is 10.0 Å². The van der Waals surface area contributed by atoms with Gasteiger partial charge in [-0.1, -0.05) is 74.6 Å². The van der Waals surface area contributed by atoms with Crippen LogP contribution in [0.4, 0.5) is 0 Å². The minimum absolute atomic E-state index is 0.0765. The Labute approximate surface area is 239 Å². The fraction of sp³-hybridized carbons (Fsp3) is 0.419. The van der Waals surface area contributed by atoms with Crippen molar-refractivity contribution in [3.8, 4) is 5.75 Å². The molecule has 200 valence electrons. The molecule has 1 aliphatic heterocycles. The first-order valence-corrected chi connectivity index (χ1v) is 14.0. The van der Waals surface area contributed by atoms with Crippen LogP contribution in [0.3, 0.4) is 0 Å². The number of hydrogen-bond donors (Lipinski definition) is 0. The molecule has 2 aliphatic carbocycles. The van der Waals surface area contributed by atoms with Gasteiger partial charge in [0, 0.05) is 53.4 Å². The summed E-state index contributed by atoms with van der Waals surface area (Å²) in [6.45, 7) is 8.77. The molecule has 5 rings (SSSR count). The molecule has 2 aromatic carbocycles. The molecule has 7 heteroatoms. The molecule has 3 aliphatic rings. The van der Waals surface area contributed by atoms with Crippen molar-refractivity contribution in [3.63, 3.8) is 0 Å². The van der Waals surface area contributed by atoms with E-state index < -0.39 is 5.92 Å². The largest absolute Gasteiger partial charge is 0.486 e. The Hall–Kier alpha value is -2.27. The van der Waals surface area contributed by atoms with E-state index in [2.05, 4.69) is 32.6 Å². The highest BCUT2D eigenvalue weighted by Gasteiger charge is 2.48. The lowest BCUT2D eigenvalue weighted by Crippen LogP contribution is -2.43. The van der Waals surface area contributed by atoms with Gasteiger partial charge in [0.2, 0.25) is 0 Å². The molecule has 0 radical (unpaired) electrons. The highest BCUT2D eigenvalue weighted by molar-refractivity contribution is 6.37. The Bertz CT molecular complexity index is 1320. The van der Waals surface area contributed by atoms with Crippen molar-refractivity contribution in [2.75, 3.05) is 7.05 Å². The lowest BCUT2D eigenvalue weighted by molar-refractivity contribution is -0.119. The molecule has 2 aromatic rings. The van der Waals surface area contributed by atoms with Gasteiger partial charge in [-0.05, 0) is 59.1 Å². The lowest BCUT2D eigenvalue weighted by atomic mass is 9.64. The van der Waals surface area contributed by atoms with Crippen molar-refractivity contribution in [1.29, 1.82) is 0 Å². The number of ether oxygens (including phenoxy) is 1. The van der Waals surface area contributed by atoms with E-state index in [0.29, 0.717) is 44.8 Å². The summed E-state index contributed by atoms with van der Waals surface area (Å²) in [6.07, 6.45) is 2.39. The summed E-state index contributed by atoms with van der Waals surface area (Å²) >= 11 is 19.5. The van der Waals surface area contributed by atoms with E-state index in [1.54, 1.807) is 24.3 Å². The van der Waals surface area contributed by atoms with Gasteiger partial charge in [0.1, 0.15) is 6.61 Å². The van der Waals surface area contributed by atoms with E-state index in [9.17, 15) is 9.59 Å². The first-order valence-electron chi connectivity index (χ1n) is 12.9. The summed E-state index contributed by atoms with van der Waals surface area (Å²) in [5.74, 6) is 0.0273. The van der Waals surface area contributed by atoms with Crippen LogP contribution in [0.2, 0.25) is 15.1 Å². The van der Waals surface area contributed by atoms with E-state index >= 15 is 0 Å². The Balaban J connectivity index is 1.59. The van der Waals surface area contributed by atoms with Crippen LogP contribution >= 0.6 is 34.8 Å². The maximum Gasteiger partial charge on any atom is 0.162 e. The van der Waals surface area contributed by atoms with Crippen molar-refractivity contribution in [2.24, 2.45) is 10.8 Å². The summed E-state index contributed by atoms with van der Waals surface area (Å²) in [5.41, 5.74) is 4.74. The molecule has 0 unspecified atom stereocenters. The molecule has 0 saturated carbocycles. The van der Waals surface area contributed by atoms with Crippen LogP contribution in [0.1, 0.15) is 70.4 Å². The number of carbonyl (C=O) groups excluding carboxylic acids is 2. The van der Waals surface area contributed by atoms with Crippen molar-refractivity contribution in [1.82, 2.24) is 4.90 Å². The van der Waals surface area contributed by atoms with Gasteiger partial charge in [0.15, 0.2) is 17.3 Å². The zero-order valence-corrected chi connectivity index (χ0v) is 24.7. The van der Waals surface area contributed by atoms with Crippen LogP contribution in [0.5, 0.6) is 5.75 Å². The average Bonchev–Trinajstić information content (AvgIpc) is 2.79. The number of nitrogens with zero attached hydrogens (tertiary/aromatic N) is 1. The second-order valence-corrected chi connectivity index (χ2v) is 13.6. The quantitative estimate of drug-likeness (QED) is 0.368. The number of benzene rings is 2. The summed E-state index contributed by atoms with van der Waals surface area (Å²) in [6, 6.07) is 11.0. The van der Waals surface area contributed by atoms with E-state index in [1.165, 1.54) is 0 Å². The summed E-state index contributed by atoms with van der Waals surface area (Å²) in [4.78, 5) is 29.5. The molecule has 0 aromatic heterocycles. The van der Waals surface area contributed by atoms with E-state index in [0.717, 1.165) is 35.4 Å². The van der Waals surface area contributed by atoms with Crippen LogP contribution in [0.25, 0.3) is 0 Å². The first kappa shape index (κ1) is 27.3. The molecule has 0 N–H and O–H groups in total. The fourth-order valence-corrected chi connectivity index (χ4v) is 6.86. The van der Waals surface area contributed by atoms with Crippen molar-refractivity contribution in [2.45, 2.75) is 65.9 Å². The zero-order valence-electron chi connectivity index (χ0n) is 22.4. The topological polar surface area (TPSA) is 46.6 Å². The Kier molecular flexibility index (Phi) is 6.99. The minimum atomic E-state index is -0.497. The molecule has 4 nitrogen and oxygen atoms in total. The van der Waals surface area contributed by atoms with Crippen LogP contribution in [-0.4, -0.2) is 23.5 Å². The summed E-state index contributed by atoms with van der Waals surface area (Å²) in [7, 11) is 2.00. The van der Waals surface area contributed by atoms with Gasteiger partial charge in [-0.15, -0.1) is 0 Å². The summed E-state index contributed by atoms with van der Waals surface area (Å²) in [5, 5.41) is 1.34. The van der Waals surface area contributed by atoms with Gasteiger partial charge in [-0.2, -0.15) is 0 Å². The number of ketones is 2. The molecule has 0 amide bonds. The lowest BCUT2D eigenvalue weighted by Gasteiger charge is -2.48. The van der Waals surface area contributed by atoms with E-state index in [1.807, 2.05) is 19.2 Å². The Morgan fingerprint density at radius 3 is 1.76 bits per heavy atom. The van der Waals surface area contributed by atoms with E-state index in [4.69, 9.17) is 39.5 Å². The standard InChI is InChI=1S/C31H32Cl3NO3/c1-30(2)12-22-27(24(36)14-30)26(28-23(35(22)5)13-31(3,4)15-25(28)37)18-10-20(33)29(21(34)11-18)38-16-17-6-8-19(32)9-7-17/h6-11,26H,12-16H2,1-5H3. The van der Waals surface area contributed by atoms with Gasteiger partial charge < -0.3 is 9.64 Å². The monoisotopic (exact) mass is 571 g/mol. The predicted molar refractivity (Wildman–Crippen MR) is 153 cm³/mol. The second-order valence-electron chi connectivity index (χ2n) is 12.3. The molecule has 38 heavy (non-hydrogen) atoms. The third kappa shape index (κ3) is 5.03. The van der Waals surface area contributed by atoms with Crippen LogP contribution in [0, 0.1) is 10.8 Å². The van der Waals surface area contributed by atoms with Crippen LogP contribution in [0.15, 0.2) is 58.9 Å². The fourth-order valence-electron chi connectivity index (χ4n) is 6.12. The number of Topliss-reactive ketones (excluding diaryl/α,β-unsaturated/α-hetero) is 2. The van der Waals surface area contributed by atoms with Crippen molar-refractivity contribution in [3.05, 3.63) is 85.1 Å². The average molecular weight is 573 g/mol. The van der Waals surface area contributed by atoms with Gasteiger partial charge in [-0.25, -0.2) is 0 Å². The van der Waals surface area contributed by atoms with Gasteiger partial charge >= 0.3 is 0 Å². The molecule has 0 bridgehead atoms. The Morgan fingerprint density at radius 1 is 0.816 bits per heavy atom. The minimum Gasteiger partial charge on any atom is -0.486 e. The number of carbonyl (C=O) groups is 2. The second kappa shape index (κ2) is 9.73. The molecular weight excluding hydrogens is 541 g/mol. The number of halogens is 3. The smallest absolute Gasteiger partial charge is 0.162 e. The third-order valence-electron chi connectivity index (χ3n) is 7.83. The molecule has 0 fully saturated rings. The Morgan fingerprint density at radius 2 is 1.29 bits per heavy atom. The van der Waals surface area contributed by atoms with Crippen LogP contribution in [-0.2, 0) is 16.2 Å². The number of allylic oxidation sites excluding steroid dienone is 4. The molecule has 0 spiro atoms. The number of hydrogen-bond acceptors (Lipinski definition) is 4. The number of rotatable bonds is 4.